The van der Waals surface area contributed by atoms with Crippen LogP contribution in [0.15, 0.2) is 59.4 Å². The summed E-state index contributed by atoms with van der Waals surface area (Å²) in [7, 11) is 0. The van der Waals surface area contributed by atoms with Gasteiger partial charge in [0, 0.05) is 29.1 Å². The number of nitrogens with zero attached hydrogens (tertiary/aromatic N) is 1. The minimum absolute atomic E-state index is 0.177. The third-order valence-electron chi connectivity index (χ3n) is 4.65. The Morgan fingerprint density at radius 1 is 1.10 bits per heavy atom. The Hall–Kier alpha value is -2.67. The van der Waals surface area contributed by atoms with Gasteiger partial charge in [-0.25, -0.2) is 0 Å². The summed E-state index contributed by atoms with van der Waals surface area (Å²) in [5.41, 5.74) is 2.99. The van der Waals surface area contributed by atoms with Gasteiger partial charge in [-0.15, -0.1) is 0 Å². The van der Waals surface area contributed by atoms with Gasteiger partial charge in [0.1, 0.15) is 6.10 Å². The van der Waals surface area contributed by atoms with Crippen LogP contribution in [0.2, 0.25) is 5.02 Å². The van der Waals surface area contributed by atoms with Crippen molar-refractivity contribution >= 4 is 23.2 Å². The molecule has 0 spiro atoms. The maximum Gasteiger partial charge on any atom is 0.274 e. The van der Waals surface area contributed by atoms with Gasteiger partial charge in [-0.1, -0.05) is 61.8 Å². The van der Waals surface area contributed by atoms with Crippen LogP contribution in [0.3, 0.4) is 0 Å². The molecule has 1 unspecified atom stereocenters. The highest BCUT2D eigenvalue weighted by atomic mass is 35.5. The van der Waals surface area contributed by atoms with Crippen LogP contribution < -0.4 is 10.9 Å². The van der Waals surface area contributed by atoms with Gasteiger partial charge in [0.05, 0.1) is 13.2 Å². The summed E-state index contributed by atoms with van der Waals surface area (Å²) in [4.78, 5) is 19.2. The minimum Gasteiger partial charge on any atom is -0.372 e. The van der Waals surface area contributed by atoms with E-state index in [1.54, 1.807) is 0 Å². The quantitative estimate of drug-likeness (QED) is 0.440. The van der Waals surface area contributed by atoms with Crippen LogP contribution in [-0.2, 0) is 16.1 Å². The first-order valence-corrected chi connectivity index (χ1v) is 10.7. The van der Waals surface area contributed by atoms with Crippen molar-refractivity contribution in [2.24, 2.45) is 5.92 Å². The SMILES string of the molecule is Cc1c(Cl)cccc1Nc1nc(=O)cc(COCC(OCC(C)C)c2ccccc2)[nH]1. The van der Waals surface area contributed by atoms with Crippen molar-refractivity contribution in [3.8, 4) is 0 Å². The number of anilines is 2. The van der Waals surface area contributed by atoms with Crippen LogP contribution in [0.1, 0.15) is 36.8 Å². The van der Waals surface area contributed by atoms with E-state index in [2.05, 4.69) is 29.1 Å². The Morgan fingerprint density at radius 3 is 2.61 bits per heavy atom. The highest BCUT2D eigenvalue weighted by Crippen LogP contribution is 2.25. The Labute approximate surface area is 187 Å². The Kier molecular flexibility index (Phi) is 8.23. The fourth-order valence-corrected chi connectivity index (χ4v) is 3.18. The van der Waals surface area contributed by atoms with Crippen molar-refractivity contribution in [1.82, 2.24) is 9.97 Å². The number of benzene rings is 2. The van der Waals surface area contributed by atoms with Gasteiger partial charge < -0.3 is 19.8 Å². The molecule has 0 saturated heterocycles. The lowest BCUT2D eigenvalue weighted by atomic mass is 10.1. The number of halogens is 1. The molecular formula is C24H28ClN3O3. The number of rotatable bonds is 10. The molecule has 1 atom stereocenters. The summed E-state index contributed by atoms with van der Waals surface area (Å²) >= 11 is 6.17. The van der Waals surface area contributed by atoms with E-state index < -0.39 is 0 Å². The monoisotopic (exact) mass is 441 g/mol. The first kappa shape index (κ1) is 23.0. The zero-order valence-electron chi connectivity index (χ0n) is 18.0. The van der Waals surface area contributed by atoms with Crippen LogP contribution in [0.4, 0.5) is 11.6 Å². The summed E-state index contributed by atoms with van der Waals surface area (Å²) in [5.74, 6) is 0.762. The maximum atomic E-state index is 12.1. The molecule has 0 amide bonds. The standard InChI is InChI=1S/C24H28ClN3O3/c1-16(2)13-31-22(18-8-5-4-6-9-18)15-30-14-19-12-23(29)28-24(26-19)27-21-11-7-10-20(25)17(21)3/h4-12,16,22H,13-15H2,1-3H3,(H2,26,27,28,29). The molecule has 2 aromatic carbocycles. The van der Waals surface area contributed by atoms with Gasteiger partial charge in [-0.3, -0.25) is 4.79 Å². The van der Waals surface area contributed by atoms with E-state index in [-0.39, 0.29) is 18.3 Å². The third kappa shape index (κ3) is 6.92. The molecule has 3 aromatic rings. The molecule has 3 rings (SSSR count). The molecule has 0 bridgehead atoms. The first-order chi connectivity index (χ1) is 14.9. The Bertz CT molecular complexity index is 1040. The van der Waals surface area contributed by atoms with Crippen LogP contribution in [0, 0.1) is 12.8 Å². The molecule has 164 valence electrons. The molecule has 7 heteroatoms. The number of H-pyrrole nitrogens is 1. The van der Waals surface area contributed by atoms with E-state index in [4.69, 9.17) is 21.1 Å². The van der Waals surface area contributed by atoms with E-state index in [0.717, 1.165) is 16.8 Å². The molecule has 0 aliphatic rings. The molecule has 0 saturated carbocycles. The van der Waals surface area contributed by atoms with E-state index in [9.17, 15) is 4.79 Å². The van der Waals surface area contributed by atoms with E-state index in [1.807, 2.05) is 55.5 Å². The molecule has 1 heterocycles. The summed E-state index contributed by atoms with van der Waals surface area (Å²) in [6.45, 7) is 7.37. The first-order valence-electron chi connectivity index (χ1n) is 10.3. The fourth-order valence-electron chi connectivity index (χ4n) is 3.01. The van der Waals surface area contributed by atoms with Crippen LogP contribution in [-0.4, -0.2) is 23.2 Å². The highest BCUT2D eigenvalue weighted by molar-refractivity contribution is 6.31. The van der Waals surface area contributed by atoms with Crippen molar-refractivity contribution < 1.29 is 9.47 Å². The lowest BCUT2D eigenvalue weighted by Crippen LogP contribution is -2.17. The summed E-state index contributed by atoms with van der Waals surface area (Å²) in [6, 6.07) is 17.0. The lowest BCUT2D eigenvalue weighted by molar-refractivity contribution is -0.0327. The molecule has 31 heavy (non-hydrogen) atoms. The van der Waals surface area contributed by atoms with Gasteiger partial charge in [0.15, 0.2) is 0 Å². The third-order valence-corrected chi connectivity index (χ3v) is 5.06. The highest BCUT2D eigenvalue weighted by Gasteiger charge is 2.14. The molecule has 1 aromatic heterocycles. The van der Waals surface area contributed by atoms with Crippen molar-refractivity contribution in [1.29, 1.82) is 0 Å². The Balaban J connectivity index is 1.66. The van der Waals surface area contributed by atoms with Gasteiger partial charge in [0.2, 0.25) is 5.95 Å². The average Bonchev–Trinajstić information content (AvgIpc) is 2.74. The van der Waals surface area contributed by atoms with E-state index in [1.165, 1.54) is 6.07 Å². The van der Waals surface area contributed by atoms with Crippen molar-refractivity contribution in [2.45, 2.75) is 33.5 Å². The average molecular weight is 442 g/mol. The van der Waals surface area contributed by atoms with Crippen LogP contribution in [0.5, 0.6) is 0 Å². The number of aromatic amines is 1. The second-order valence-electron chi connectivity index (χ2n) is 7.77. The van der Waals surface area contributed by atoms with Crippen molar-refractivity contribution in [2.75, 3.05) is 18.5 Å². The van der Waals surface area contributed by atoms with E-state index >= 15 is 0 Å². The van der Waals surface area contributed by atoms with Gasteiger partial charge in [0.25, 0.3) is 5.56 Å². The zero-order chi connectivity index (χ0) is 22.2. The molecule has 0 radical (unpaired) electrons. The van der Waals surface area contributed by atoms with Crippen molar-refractivity contribution in [3.63, 3.8) is 0 Å². The molecule has 6 nitrogen and oxygen atoms in total. The zero-order valence-corrected chi connectivity index (χ0v) is 18.8. The second-order valence-corrected chi connectivity index (χ2v) is 8.18. The van der Waals surface area contributed by atoms with E-state index in [0.29, 0.717) is 35.8 Å². The maximum absolute atomic E-state index is 12.1. The van der Waals surface area contributed by atoms with Crippen LogP contribution >= 0.6 is 11.6 Å². The summed E-state index contributed by atoms with van der Waals surface area (Å²) in [5, 5.41) is 3.76. The van der Waals surface area contributed by atoms with Crippen LogP contribution in [0.25, 0.3) is 0 Å². The number of nitrogens with one attached hydrogen (secondary N) is 2. The minimum atomic E-state index is -0.352. The summed E-state index contributed by atoms with van der Waals surface area (Å²) < 4.78 is 11.9. The topological polar surface area (TPSA) is 76.2 Å². The largest absolute Gasteiger partial charge is 0.372 e. The molecule has 2 N–H and O–H groups in total. The van der Waals surface area contributed by atoms with Gasteiger partial charge in [-0.05, 0) is 36.1 Å². The normalized spacial score (nSPS) is 12.2. The number of hydrogen-bond donors (Lipinski definition) is 2. The van der Waals surface area contributed by atoms with Gasteiger partial charge in [-0.2, -0.15) is 4.98 Å². The number of ether oxygens (including phenoxy) is 2. The predicted molar refractivity (Wildman–Crippen MR) is 124 cm³/mol. The van der Waals surface area contributed by atoms with Crippen molar-refractivity contribution in [3.05, 3.63) is 86.8 Å². The predicted octanol–water partition coefficient (Wildman–Crippen LogP) is 5.41. The Morgan fingerprint density at radius 2 is 1.87 bits per heavy atom. The molecule has 0 fully saturated rings. The number of aromatic nitrogens is 2. The fraction of sp³-hybridized carbons (Fsp3) is 0.333. The molecule has 0 aliphatic carbocycles. The second kappa shape index (κ2) is 11.1. The summed E-state index contributed by atoms with van der Waals surface area (Å²) in [6.07, 6.45) is -0.177. The lowest BCUT2D eigenvalue weighted by Gasteiger charge is -2.20. The smallest absolute Gasteiger partial charge is 0.274 e. The molecule has 0 aliphatic heterocycles. The molecular weight excluding hydrogens is 414 g/mol. The van der Waals surface area contributed by atoms with Gasteiger partial charge >= 0.3 is 0 Å². The number of hydrogen-bond acceptors (Lipinski definition) is 5.